The second-order valence-electron chi connectivity index (χ2n) is 7.87. The van der Waals surface area contributed by atoms with Crippen molar-refractivity contribution in [1.82, 2.24) is 14.9 Å². The smallest absolute Gasteiger partial charge is 0.437 e. The van der Waals surface area contributed by atoms with Crippen LogP contribution in [0.1, 0.15) is 5.56 Å². The lowest BCUT2D eigenvalue weighted by Gasteiger charge is -2.37. The van der Waals surface area contributed by atoms with Crippen LogP contribution in [0.15, 0.2) is 40.7 Å². The molecule has 3 heterocycles. The zero-order chi connectivity index (χ0) is 24.1. The number of ether oxygens (including phenoxy) is 1. The molecule has 2 saturated heterocycles. The van der Waals surface area contributed by atoms with Gasteiger partial charge in [-0.05, 0) is 0 Å². The lowest BCUT2D eigenvalue weighted by Crippen LogP contribution is -2.53. The van der Waals surface area contributed by atoms with E-state index >= 15 is 0 Å². The van der Waals surface area contributed by atoms with E-state index in [2.05, 4.69) is 25.0 Å². The highest BCUT2D eigenvalue weighted by molar-refractivity contribution is 5.98. The number of aliphatic hydroxyl groups excluding tert-OH is 1. The van der Waals surface area contributed by atoms with Gasteiger partial charge in [-0.3, -0.25) is 4.90 Å². The molecule has 180 valence electrons. The molecule has 0 aliphatic carbocycles. The average Bonchev–Trinajstić information content (AvgIpc) is 2.75. The number of benzene rings is 1. The molecular weight excluding hydrogens is 447 g/mol. The number of nitrogens with two attached hydrogens (primary N) is 2. The van der Waals surface area contributed by atoms with Gasteiger partial charge in [0.15, 0.2) is 12.1 Å². The first kappa shape index (κ1) is 23.3. The van der Waals surface area contributed by atoms with Crippen LogP contribution in [0.4, 0.5) is 15.1 Å². The Kier molecular flexibility index (Phi) is 7.13. The number of oxime groups is 1. The number of halogens is 1. The fraction of sp³-hybridized carbons (Fsp3) is 0.381. The molecular formula is C21H25FN8O4. The van der Waals surface area contributed by atoms with Gasteiger partial charge in [0, 0.05) is 48.7 Å². The Morgan fingerprint density at radius 1 is 1.24 bits per heavy atom. The number of hydrogen-bond donors (Lipinski definition) is 3. The second kappa shape index (κ2) is 10.4. The summed E-state index contributed by atoms with van der Waals surface area (Å²) in [5, 5.41) is 13.1. The van der Waals surface area contributed by atoms with Gasteiger partial charge in [0.25, 0.3) is 0 Å². The molecule has 0 atom stereocenters. The van der Waals surface area contributed by atoms with Crippen LogP contribution >= 0.6 is 0 Å². The normalized spacial score (nSPS) is 15.8. The zero-order valence-electron chi connectivity index (χ0n) is 18.3. The molecule has 34 heavy (non-hydrogen) atoms. The molecule has 5 N–H and O–H groups in total. The van der Waals surface area contributed by atoms with Crippen molar-refractivity contribution in [3.05, 3.63) is 42.0 Å². The summed E-state index contributed by atoms with van der Waals surface area (Å²) in [7, 11) is 0. The molecule has 2 aliphatic heterocycles. The van der Waals surface area contributed by atoms with Gasteiger partial charge in [-0.15, -0.1) is 4.99 Å². The average molecular weight is 472 g/mol. The summed E-state index contributed by atoms with van der Waals surface area (Å²) in [5.41, 5.74) is 12.0. The number of hydrogen-bond acceptors (Lipinski definition) is 9. The van der Waals surface area contributed by atoms with Gasteiger partial charge < -0.3 is 31.0 Å². The lowest BCUT2D eigenvalue weighted by molar-refractivity contribution is -0.0571. The predicted octanol–water partition coefficient (Wildman–Crippen LogP) is 0.0618. The van der Waals surface area contributed by atoms with Crippen molar-refractivity contribution in [2.75, 3.05) is 44.2 Å². The van der Waals surface area contributed by atoms with Gasteiger partial charge in [0.2, 0.25) is 5.95 Å². The first-order chi connectivity index (χ1) is 16.4. The van der Waals surface area contributed by atoms with E-state index in [0.29, 0.717) is 31.1 Å². The SMILES string of the molecule is NC(N)=NC(=O)OCc1cccc(-c2cnc(N3CC(=NOC4CN(CCO)C4)C3)nc2)c1F. The van der Waals surface area contributed by atoms with E-state index in [-0.39, 0.29) is 30.4 Å². The van der Waals surface area contributed by atoms with Crippen molar-refractivity contribution in [3.8, 4) is 11.1 Å². The Hall–Kier alpha value is -3.84. The van der Waals surface area contributed by atoms with E-state index in [1.54, 1.807) is 12.1 Å². The number of aliphatic hydroxyl groups is 1. The molecule has 2 fully saturated rings. The Labute approximate surface area is 194 Å². The number of carbonyl (C=O) groups is 1. The van der Waals surface area contributed by atoms with Crippen LogP contribution in [0.25, 0.3) is 11.1 Å². The van der Waals surface area contributed by atoms with Crippen LogP contribution in [-0.2, 0) is 16.2 Å². The number of amides is 1. The van der Waals surface area contributed by atoms with Crippen molar-refractivity contribution in [3.63, 3.8) is 0 Å². The fourth-order valence-corrected chi connectivity index (χ4v) is 3.47. The Bertz CT molecular complexity index is 1080. The fourth-order valence-electron chi connectivity index (χ4n) is 3.47. The third kappa shape index (κ3) is 5.55. The summed E-state index contributed by atoms with van der Waals surface area (Å²) in [5.74, 6) is -0.489. The molecule has 1 aromatic carbocycles. The number of aromatic nitrogens is 2. The van der Waals surface area contributed by atoms with Crippen LogP contribution in [0.2, 0.25) is 0 Å². The molecule has 1 amide bonds. The first-order valence-electron chi connectivity index (χ1n) is 10.6. The first-order valence-corrected chi connectivity index (χ1v) is 10.6. The molecule has 2 aliphatic rings. The molecule has 2 aromatic rings. The van der Waals surface area contributed by atoms with Gasteiger partial charge in [-0.25, -0.2) is 19.2 Å². The number of nitrogens with zero attached hydrogens (tertiary/aromatic N) is 6. The van der Waals surface area contributed by atoms with Gasteiger partial charge in [0.05, 0.1) is 25.4 Å². The zero-order valence-corrected chi connectivity index (χ0v) is 18.3. The number of rotatable bonds is 8. The quantitative estimate of drug-likeness (QED) is 0.272. The number of aliphatic imine (C=N–C) groups is 1. The molecule has 4 rings (SSSR count). The van der Waals surface area contributed by atoms with Crippen molar-refractivity contribution in [1.29, 1.82) is 0 Å². The summed E-state index contributed by atoms with van der Waals surface area (Å²) in [4.78, 5) is 32.8. The lowest BCUT2D eigenvalue weighted by atomic mass is 10.1. The van der Waals surface area contributed by atoms with Gasteiger partial charge in [-0.1, -0.05) is 23.4 Å². The van der Waals surface area contributed by atoms with Gasteiger partial charge in [-0.2, -0.15) is 0 Å². The highest BCUT2D eigenvalue weighted by Crippen LogP contribution is 2.26. The van der Waals surface area contributed by atoms with E-state index in [1.807, 2.05) is 4.90 Å². The summed E-state index contributed by atoms with van der Waals surface area (Å²) in [6.07, 6.45) is 2.12. The minimum Gasteiger partial charge on any atom is -0.443 e. The summed E-state index contributed by atoms with van der Waals surface area (Å²) >= 11 is 0. The minimum absolute atomic E-state index is 0.0596. The topological polar surface area (TPSA) is 165 Å². The predicted molar refractivity (Wildman–Crippen MR) is 121 cm³/mol. The molecule has 0 unspecified atom stereocenters. The summed E-state index contributed by atoms with van der Waals surface area (Å²) in [6, 6.07) is 4.72. The Morgan fingerprint density at radius 3 is 2.65 bits per heavy atom. The van der Waals surface area contributed by atoms with E-state index in [0.717, 1.165) is 18.8 Å². The Balaban J connectivity index is 1.31. The molecule has 1 aromatic heterocycles. The van der Waals surface area contributed by atoms with E-state index < -0.39 is 17.9 Å². The summed E-state index contributed by atoms with van der Waals surface area (Å²) in [6.45, 7) is 3.10. The summed E-state index contributed by atoms with van der Waals surface area (Å²) < 4.78 is 19.8. The monoisotopic (exact) mass is 472 g/mol. The number of likely N-dealkylation sites (tertiary alicyclic amines) is 1. The number of carbonyl (C=O) groups excluding carboxylic acids is 1. The van der Waals surface area contributed by atoms with Crippen LogP contribution in [0, 0.1) is 5.82 Å². The Morgan fingerprint density at radius 2 is 1.97 bits per heavy atom. The molecule has 0 saturated carbocycles. The maximum Gasteiger partial charge on any atom is 0.437 e. The number of guanidine groups is 1. The molecule has 0 spiro atoms. The van der Waals surface area contributed by atoms with E-state index in [4.69, 9.17) is 26.1 Å². The molecule has 12 nitrogen and oxygen atoms in total. The van der Waals surface area contributed by atoms with Crippen LogP contribution in [0.5, 0.6) is 0 Å². The van der Waals surface area contributed by atoms with Crippen molar-refractivity contribution >= 4 is 23.7 Å². The number of anilines is 1. The molecule has 13 heteroatoms. The highest BCUT2D eigenvalue weighted by Gasteiger charge is 2.30. The molecule has 0 bridgehead atoms. The minimum atomic E-state index is -1.00. The third-order valence-electron chi connectivity index (χ3n) is 5.30. The van der Waals surface area contributed by atoms with Gasteiger partial charge in [0.1, 0.15) is 12.4 Å². The van der Waals surface area contributed by atoms with E-state index in [9.17, 15) is 9.18 Å². The van der Waals surface area contributed by atoms with Crippen LogP contribution in [-0.4, -0.2) is 83.2 Å². The van der Waals surface area contributed by atoms with Crippen molar-refractivity contribution in [2.24, 2.45) is 21.6 Å². The largest absolute Gasteiger partial charge is 0.443 e. The van der Waals surface area contributed by atoms with Gasteiger partial charge >= 0.3 is 6.09 Å². The van der Waals surface area contributed by atoms with Crippen molar-refractivity contribution < 1.29 is 23.9 Å². The van der Waals surface area contributed by atoms with Crippen LogP contribution < -0.4 is 16.4 Å². The van der Waals surface area contributed by atoms with Crippen molar-refractivity contribution in [2.45, 2.75) is 12.7 Å². The van der Waals surface area contributed by atoms with E-state index in [1.165, 1.54) is 18.5 Å². The molecule has 0 radical (unpaired) electrons. The highest BCUT2D eigenvalue weighted by atomic mass is 19.1. The standard InChI is InChI=1S/C21H25FN8O4/c22-18-13(12-33-21(32)27-19(23)24)2-1-3-17(18)14-6-25-20(26-7-14)30-8-15(9-30)28-34-16-10-29(11-16)4-5-31/h1-3,6-7,16,31H,4-5,8-12H2,(H4,23,24,27,32). The maximum absolute atomic E-state index is 14.9. The maximum atomic E-state index is 14.9. The third-order valence-corrected chi connectivity index (χ3v) is 5.30. The van der Waals surface area contributed by atoms with Crippen LogP contribution in [0.3, 0.4) is 0 Å². The number of β-amino-alcohol motifs (C(OH)–C–C–N with tert-alkyl or cyclic N) is 1. The second-order valence-corrected chi connectivity index (χ2v) is 7.87.